The highest BCUT2D eigenvalue weighted by Crippen LogP contribution is 2.29. The van der Waals surface area contributed by atoms with Gasteiger partial charge >= 0.3 is 0 Å². The molecule has 98 valence electrons. The van der Waals surface area contributed by atoms with Crippen molar-refractivity contribution in [3.63, 3.8) is 0 Å². The molecule has 0 bridgehead atoms. The second kappa shape index (κ2) is 5.28. The van der Waals surface area contributed by atoms with Gasteiger partial charge in [0.25, 0.3) is 0 Å². The van der Waals surface area contributed by atoms with E-state index in [9.17, 15) is 0 Å². The molecule has 0 saturated carbocycles. The van der Waals surface area contributed by atoms with E-state index in [1.54, 1.807) is 11.3 Å². The average Bonchev–Trinajstić information content (AvgIpc) is 2.96. The Morgan fingerprint density at radius 3 is 2.89 bits per heavy atom. The fraction of sp³-hybridized carbons (Fsp3) is 0.250. The summed E-state index contributed by atoms with van der Waals surface area (Å²) >= 11 is 3.14. The third-order valence-corrected chi connectivity index (χ3v) is 4.28. The summed E-state index contributed by atoms with van der Waals surface area (Å²) < 4.78 is 2.11. The Balaban J connectivity index is 1.97. The lowest BCUT2D eigenvalue weighted by molar-refractivity contribution is 0.764. The van der Waals surface area contributed by atoms with Crippen molar-refractivity contribution in [1.29, 1.82) is 0 Å². The van der Waals surface area contributed by atoms with Gasteiger partial charge in [0.05, 0.1) is 5.69 Å². The highest BCUT2D eigenvalue weighted by atomic mass is 32.2. The number of hydrogen-bond donors (Lipinski definition) is 1. The van der Waals surface area contributed by atoms with Crippen molar-refractivity contribution >= 4 is 28.1 Å². The lowest BCUT2D eigenvalue weighted by Gasteiger charge is -2.02. The molecular weight excluding hydrogens is 278 g/mol. The van der Waals surface area contributed by atoms with Gasteiger partial charge in [0, 0.05) is 30.5 Å². The Bertz CT molecular complexity index is 686. The smallest absolute Gasteiger partial charge is 0.194 e. The van der Waals surface area contributed by atoms with E-state index < -0.39 is 0 Å². The van der Waals surface area contributed by atoms with Crippen LogP contribution in [0.2, 0.25) is 0 Å². The van der Waals surface area contributed by atoms with Gasteiger partial charge in [0.1, 0.15) is 5.03 Å². The highest BCUT2D eigenvalue weighted by Gasteiger charge is 2.14. The largest absolute Gasteiger partial charge is 0.314 e. The molecule has 3 rings (SSSR count). The molecule has 0 aliphatic rings. The molecule has 3 heterocycles. The van der Waals surface area contributed by atoms with Crippen LogP contribution in [0.3, 0.4) is 0 Å². The number of nitrogens with one attached hydrogen (secondary N) is 1. The molecular formula is C12H13N5S2. The van der Waals surface area contributed by atoms with Crippen LogP contribution < -0.4 is 5.32 Å². The first kappa shape index (κ1) is 12.6. The van der Waals surface area contributed by atoms with E-state index in [1.807, 2.05) is 37.9 Å². The predicted octanol–water partition coefficient (Wildman–Crippen LogP) is 2.36. The standard InChI is InChI=1S/C12H13N5S2/c1-8-5-14-11(15-6-8)19-10-9(7-13-2)17-3-4-18-12(17)16-10/h3-6,13H,7H2,1-2H3. The van der Waals surface area contributed by atoms with E-state index in [2.05, 4.69) is 24.7 Å². The van der Waals surface area contributed by atoms with Crippen LogP contribution in [-0.4, -0.2) is 26.4 Å². The van der Waals surface area contributed by atoms with Crippen LogP contribution in [0.25, 0.3) is 4.96 Å². The van der Waals surface area contributed by atoms with Crippen molar-refractivity contribution in [1.82, 2.24) is 24.7 Å². The van der Waals surface area contributed by atoms with Gasteiger partial charge in [0.15, 0.2) is 10.1 Å². The number of fused-ring (bicyclic) bond motifs is 1. The van der Waals surface area contributed by atoms with Crippen LogP contribution in [0.15, 0.2) is 34.2 Å². The first-order valence-corrected chi connectivity index (χ1v) is 7.53. The van der Waals surface area contributed by atoms with Crippen molar-refractivity contribution in [2.24, 2.45) is 0 Å². The lowest BCUT2D eigenvalue weighted by atomic mass is 10.4. The molecule has 0 aromatic carbocycles. The summed E-state index contributed by atoms with van der Waals surface area (Å²) in [5, 5.41) is 6.91. The summed E-state index contributed by atoms with van der Waals surface area (Å²) in [5.74, 6) is 0. The predicted molar refractivity (Wildman–Crippen MR) is 76.7 cm³/mol. The normalized spacial score (nSPS) is 11.3. The zero-order valence-electron chi connectivity index (χ0n) is 10.6. The maximum atomic E-state index is 4.63. The van der Waals surface area contributed by atoms with Crippen molar-refractivity contribution in [2.45, 2.75) is 23.7 Å². The molecule has 0 spiro atoms. The van der Waals surface area contributed by atoms with Crippen LogP contribution in [0.5, 0.6) is 0 Å². The molecule has 0 aliphatic heterocycles. The zero-order valence-corrected chi connectivity index (χ0v) is 12.3. The summed E-state index contributed by atoms with van der Waals surface area (Å²) in [4.78, 5) is 14.3. The summed E-state index contributed by atoms with van der Waals surface area (Å²) in [6.45, 7) is 2.75. The Kier molecular flexibility index (Phi) is 3.50. The maximum absolute atomic E-state index is 4.63. The van der Waals surface area contributed by atoms with Gasteiger partial charge < -0.3 is 5.32 Å². The van der Waals surface area contributed by atoms with E-state index in [4.69, 9.17) is 0 Å². The number of thiazole rings is 1. The van der Waals surface area contributed by atoms with Gasteiger partial charge in [-0.25, -0.2) is 15.0 Å². The second-order valence-corrected chi connectivity index (χ2v) is 5.92. The third kappa shape index (κ3) is 2.49. The van der Waals surface area contributed by atoms with Crippen LogP contribution in [0, 0.1) is 6.92 Å². The highest BCUT2D eigenvalue weighted by molar-refractivity contribution is 7.99. The minimum absolute atomic E-state index is 0.730. The van der Waals surface area contributed by atoms with Crippen LogP contribution in [-0.2, 0) is 6.54 Å². The molecule has 0 fully saturated rings. The maximum Gasteiger partial charge on any atom is 0.194 e. The minimum atomic E-state index is 0.730. The fourth-order valence-corrected chi connectivity index (χ4v) is 3.34. The summed E-state index contributed by atoms with van der Waals surface area (Å²) in [7, 11) is 1.93. The second-order valence-electron chi connectivity index (χ2n) is 4.09. The number of aromatic nitrogens is 4. The van der Waals surface area contributed by atoms with Crippen molar-refractivity contribution in [2.75, 3.05) is 7.05 Å². The van der Waals surface area contributed by atoms with E-state index in [1.165, 1.54) is 11.8 Å². The molecule has 0 atom stereocenters. The number of nitrogens with zero attached hydrogens (tertiary/aromatic N) is 4. The van der Waals surface area contributed by atoms with E-state index in [0.29, 0.717) is 0 Å². The molecule has 3 aromatic heterocycles. The van der Waals surface area contributed by atoms with Gasteiger partial charge in [0.2, 0.25) is 0 Å². The monoisotopic (exact) mass is 291 g/mol. The molecule has 0 saturated heterocycles. The van der Waals surface area contributed by atoms with Gasteiger partial charge in [-0.15, -0.1) is 11.3 Å². The lowest BCUT2D eigenvalue weighted by Crippen LogP contribution is -2.08. The molecule has 0 amide bonds. The van der Waals surface area contributed by atoms with Gasteiger partial charge in [-0.2, -0.15) is 0 Å². The molecule has 1 N–H and O–H groups in total. The zero-order chi connectivity index (χ0) is 13.2. The summed E-state index contributed by atoms with van der Waals surface area (Å²) in [5.41, 5.74) is 2.21. The number of imidazole rings is 1. The van der Waals surface area contributed by atoms with Crippen molar-refractivity contribution in [3.05, 3.63) is 35.2 Å². The molecule has 0 aliphatic carbocycles. The van der Waals surface area contributed by atoms with Crippen molar-refractivity contribution < 1.29 is 0 Å². The Labute approximate surface area is 119 Å². The minimum Gasteiger partial charge on any atom is -0.314 e. The Morgan fingerprint density at radius 1 is 1.37 bits per heavy atom. The molecule has 5 nitrogen and oxygen atoms in total. The van der Waals surface area contributed by atoms with Gasteiger partial charge in [-0.1, -0.05) is 0 Å². The quantitative estimate of drug-likeness (QED) is 0.748. The molecule has 19 heavy (non-hydrogen) atoms. The summed E-state index contributed by atoms with van der Waals surface area (Å²) in [6.07, 6.45) is 5.69. The topological polar surface area (TPSA) is 55.1 Å². The molecule has 3 aromatic rings. The van der Waals surface area contributed by atoms with Crippen molar-refractivity contribution in [3.8, 4) is 0 Å². The van der Waals surface area contributed by atoms with E-state index >= 15 is 0 Å². The van der Waals surface area contributed by atoms with Crippen LogP contribution >= 0.6 is 23.1 Å². The SMILES string of the molecule is CNCc1c(Sc2ncc(C)cn2)nc2sccn12. The summed E-state index contributed by atoms with van der Waals surface area (Å²) in [6, 6.07) is 0. The number of rotatable bonds is 4. The molecule has 0 unspecified atom stereocenters. The third-order valence-electron chi connectivity index (χ3n) is 2.61. The van der Waals surface area contributed by atoms with Crippen LogP contribution in [0.4, 0.5) is 0 Å². The molecule has 0 radical (unpaired) electrons. The Morgan fingerprint density at radius 2 is 2.16 bits per heavy atom. The van der Waals surface area contributed by atoms with E-state index in [-0.39, 0.29) is 0 Å². The Hall–Kier alpha value is -1.44. The van der Waals surface area contributed by atoms with E-state index in [0.717, 1.165) is 32.9 Å². The fourth-order valence-electron chi connectivity index (χ4n) is 1.74. The average molecular weight is 291 g/mol. The van der Waals surface area contributed by atoms with Gasteiger partial charge in [-0.05, 0) is 31.3 Å². The molecule has 7 heteroatoms. The number of hydrogen-bond acceptors (Lipinski definition) is 6. The first-order chi connectivity index (χ1) is 9.28. The number of aryl methyl sites for hydroxylation is 1. The van der Waals surface area contributed by atoms with Gasteiger partial charge in [-0.3, -0.25) is 4.40 Å². The van der Waals surface area contributed by atoms with Crippen LogP contribution in [0.1, 0.15) is 11.3 Å². The first-order valence-electron chi connectivity index (χ1n) is 5.83.